The molecule has 0 saturated heterocycles. The van der Waals surface area contributed by atoms with Crippen LogP contribution in [0.25, 0.3) is 11.2 Å². The Labute approximate surface area is 83.7 Å². The van der Waals surface area contributed by atoms with Crippen LogP contribution in [-0.2, 0) is 11.2 Å². The van der Waals surface area contributed by atoms with Gasteiger partial charge in [0.15, 0.2) is 11.2 Å². The molecule has 78 valence electrons. The highest BCUT2D eigenvalue weighted by Crippen LogP contribution is 2.05. The maximum Gasteiger partial charge on any atom is 0.278 e. The number of fused-ring (bicyclic) bond motifs is 1. The molecule has 0 saturated carbocycles. The Bertz CT molecular complexity index is 582. The summed E-state index contributed by atoms with van der Waals surface area (Å²) in [6.45, 7) is 1.44. The average Bonchev–Trinajstić information content (AvgIpc) is 2.45. The van der Waals surface area contributed by atoms with Gasteiger partial charge in [-0.15, -0.1) is 0 Å². The van der Waals surface area contributed by atoms with Crippen LogP contribution in [0.4, 0.5) is 5.95 Å². The first-order chi connectivity index (χ1) is 7.06. The molecule has 0 aliphatic heterocycles. The molecular weight excluding hydrogens is 198 g/mol. The molecule has 0 unspecified atom stereocenters. The van der Waals surface area contributed by atoms with E-state index < -0.39 is 0 Å². The summed E-state index contributed by atoms with van der Waals surface area (Å²) in [5.41, 5.74) is 5.42. The first-order valence-corrected chi connectivity index (χ1v) is 4.30. The lowest BCUT2D eigenvalue weighted by Crippen LogP contribution is -2.10. The van der Waals surface area contributed by atoms with Crippen molar-refractivity contribution in [3.8, 4) is 0 Å². The Kier molecular flexibility index (Phi) is 2.00. The van der Waals surface area contributed by atoms with E-state index in [1.807, 2.05) is 0 Å². The van der Waals surface area contributed by atoms with Gasteiger partial charge in [0.25, 0.3) is 5.56 Å². The zero-order valence-corrected chi connectivity index (χ0v) is 8.00. The van der Waals surface area contributed by atoms with E-state index in [4.69, 9.17) is 5.73 Å². The van der Waals surface area contributed by atoms with E-state index in [9.17, 15) is 9.59 Å². The van der Waals surface area contributed by atoms with Crippen LogP contribution in [0.15, 0.2) is 4.79 Å². The third kappa shape index (κ3) is 1.71. The van der Waals surface area contributed by atoms with Crippen LogP contribution in [0, 0.1) is 0 Å². The van der Waals surface area contributed by atoms with Gasteiger partial charge in [0.05, 0.1) is 6.42 Å². The summed E-state index contributed by atoms with van der Waals surface area (Å²) in [5.74, 6) is 0.382. The fourth-order valence-electron chi connectivity index (χ4n) is 1.29. The average molecular weight is 207 g/mol. The summed E-state index contributed by atoms with van der Waals surface area (Å²) in [7, 11) is 0. The molecule has 0 aromatic carbocycles. The Morgan fingerprint density at radius 2 is 2.13 bits per heavy atom. The van der Waals surface area contributed by atoms with Crippen molar-refractivity contribution in [1.29, 1.82) is 0 Å². The van der Waals surface area contributed by atoms with Crippen molar-refractivity contribution in [1.82, 2.24) is 19.9 Å². The van der Waals surface area contributed by atoms with Crippen LogP contribution in [0.2, 0.25) is 0 Å². The van der Waals surface area contributed by atoms with E-state index in [2.05, 4.69) is 19.9 Å². The molecular formula is C8H9N5O2. The summed E-state index contributed by atoms with van der Waals surface area (Å²) < 4.78 is 0. The number of rotatable bonds is 2. The zero-order valence-electron chi connectivity index (χ0n) is 8.00. The van der Waals surface area contributed by atoms with Crippen molar-refractivity contribution >= 4 is 22.9 Å². The smallest absolute Gasteiger partial charge is 0.278 e. The third-order valence-electron chi connectivity index (χ3n) is 1.85. The molecule has 0 fully saturated rings. The summed E-state index contributed by atoms with van der Waals surface area (Å²) in [6.07, 6.45) is 0.149. The highest BCUT2D eigenvalue weighted by Gasteiger charge is 2.09. The number of carbonyl (C=O) groups excluding carboxylic acids is 1. The van der Waals surface area contributed by atoms with E-state index >= 15 is 0 Å². The van der Waals surface area contributed by atoms with Crippen LogP contribution < -0.4 is 11.3 Å². The van der Waals surface area contributed by atoms with E-state index in [1.165, 1.54) is 6.92 Å². The Morgan fingerprint density at radius 1 is 1.40 bits per heavy atom. The quantitative estimate of drug-likeness (QED) is 0.605. The number of H-pyrrole nitrogens is 2. The van der Waals surface area contributed by atoms with Gasteiger partial charge in [-0.05, 0) is 6.92 Å². The molecule has 15 heavy (non-hydrogen) atoms. The Hall–Kier alpha value is -2.18. The van der Waals surface area contributed by atoms with Crippen LogP contribution in [0.1, 0.15) is 12.7 Å². The normalized spacial score (nSPS) is 10.7. The van der Waals surface area contributed by atoms with E-state index in [-0.39, 0.29) is 34.9 Å². The molecule has 2 heterocycles. The van der Waals surface area contributed by atoms with Gasteiger partial charge in [0, 0.05) is 0 Å². The van der Waals surface area contributed by atoms with Gasteiger partial charge in [-0.25, -0.2) is 4.98 Å². The van der Waals surface area contributed by atoms with Gasteiger partial charge < -0.3 is 10.7 Å². The topological polar surface area (TPSA) is 118 Å². The number of ketones is 1. The number of aromatic nitrogens is 4. The number of hydrogen-bond acceptors (Lipinski definition) is 5. The second kappa shape index (κ2) is 3.19. The summed E-state index contributed by atoms with van der Waals surface area (Å²) in [4.78, 5) is 35.1. The lowest BCUT2D eigenvalue weighted by Gasteiger charge is -1.89. The number of anilines is 1. The van der Waals surface area contributed by atoms with Gasteiger partial charge in [0.2, 0.25) is 5.95 Å². The lowest BCUT2D eigenvalue weighted by atomic mass is 10.3. The number of Topliss-reactive ketones (excluding diaryl/α,β-unsaturated/α-hetero) is 1. The number of hydrogen-bond donors (Lipinski definition) is 3. The number of nitrogens with two attached hydrogens (primary N) is 1. The number of nitrogen functional groups attached to an aromatic ring is 1. The van der Waals surface area contributed by atoms with Crippen molar-refractivity contribution < 1.29 is 4.79 Å². The van der Waals surface area contributed by atoms with Crippen molar-refractivity contribution in [2.45, 2.75) is 13.3 Å². The first kappa shape index (κ1) is 9.38. The van der Waals surface area contributed by atoms with Crippen molar-refractivity contribution in [3.63, 3.8) is 0 Å². The number of nitrogens with one attached hydrogen (secondary N) is 2. The molecule has 0 aliphatic carbocycles. The standard InChI is InChI=1S/C8H9N5O2/c1-3(14)2-4-10-5-6(11-4)12-8(9)13-7(5)15/h2H2,1H3,(H4,9,10,11,12,13,15). The third-order valence-corrected chi connectivity index (χ3v) is 1.85. The highest BCUT2D eigenvalue weighted by atomic mass is 16.1. The maximum absolute atomic E-state index is 11.4. The largest absolute Gasteiger partial charge is 0.369 e. The number of aromatic amines is 2. The van der Waals surface area contributed by atoms with Crippen LogP contribution in [0.3, 0.4) is 0 Å². The first-order valence-electron chi connectivity index (χ1n) is 4.30. The molecule has 4 N–H and O–H groups in total. The molecule has 2 aromatic heterocycles. The van der Waals surface area contributed by atoms with Crippen molar-refractivity contribution in [3.05, 3.63) is 16.2 Å². The van der Waals surface area contributed by atoms with Crippen molar-refractivity contribution in [2.24, 2.45) is 0 Å². The second-order valence-electron chi connectivity index (χ2n) is 3.21. The summed E-state index contributed by atoms with van der Waals surface area (Å²) in [5, 5.41) is 0. The maximum atomic E-state index is 11.4. The molecule has 2 rings (SSSR count). The molecule has 0 amide bonds. The Morgan fingerprint density at radius 3 is 2.80 bits per heavy atom. The second-order valence-corrected chi connectivity index (χ2v) is 3.21. The molecule has 7 heteroatoms. The van der Waals surface area contributed by atoms with E-state index in [1.54, 1.807) is 0 Å². The van der Waals surface area contributed by atoms with Gasteiger partial charge in [0.1, 0.15) is 11.6 Å². The molecule has 0 aliphatic rings. The van der Waals surface area contributed by atoms with Gasteiger partial charge in [-0.2, -0.15) is 4.98 Å². The SMILES string of the molecule is CC(=O)Cc1nc2nc(N)[nH]c(=O)c2[nH]1. The predicted molar refractivity (Wildman–Crippen MR) is 53.3 cm³/mol. The highest BCUT2D eigenvalue weighted by molar-refractivity contribution is 5.79. The minimum absolute atomic E-state index is 0.00775. The monoisotopic (exact) mass is 207 g/mol. The summed E-state index contributed by atoms with van der Waals surface area (Å²) >= 11 is 0. The number of carbonyl (C=O) groups is 1. The summed E-state index contributed by atoms with van der Waals surface area (Å²) in [6, 6.07) is 0. The number of imidazole rings is 1. The van der Waals surface area contributed by atoms with E-state index in [0.717, 1.165) is 0 Å². The molecule has 0 atom stereocenters. The molecule has 2 aromatic rings. The predicted octanol–water partition coefficient (Wildman–Crippen LogP) is -0.640. The molecule has 0 bridgehead atoms. The Balaban J connectivity index is 2.60. The molecule has 7 nitrogen and oxygen atoms in total. The van der Waals surface area contributed by atoms with Crippen LogP contribution in [0.5, 0.6) is 0 Å². The van der Waals surface area contributed by atoms with Crippen LogP contribution >= 0.6 is 0 Å². The van der Waals surface area contributed by atoms with Gasteiger partial charge in [-0.3, -0.25) is 14.6 Å². The minimum atomic E-state index is -0.389. The molecule has 0 radical (unpaired) electrons. The van der Waals surface area contributed by atoms with E-state index in [0.29, 0.717) is 5.82 Å². The van der Waals surface area contributed by atoms with Crippen molar-refractivity contribution in [2.75, 3.05) is 5.73 Å². The zero-order chi connectivity index (χ0) is 11.0. The minimum Gasteiger partial charge on any atom is -0.369 e. The lowest BCUT2D eigenvalue weighted by molar-refractivity contribution is -0.116. The fourth-order valence-corrected chi connectivity index (χ4v) is 1.29. The molecule has 0 spiro atoms. The van der Waals surface area contributed by atoms with Gasteiger partial charge in [-0.1, -0.05) is 0 Å². The fraction of sp³-hybridized carbons (Fsp3) is 0.250. The van der Waals surface area contributed by atoms with Gasteiger partial charge >= 0.3 is 0 Å². The van der Waals surface area contributed by atoms with Crippen LogP contribution in [-0.4, -0.2) is 25.7 Å². The number of nitrogens with zero attached hydrogens (tertiary/aromatic N) is 2.